The molecule has 0 fully saturated rings. The lowest BCUT2D eigenvalue weighted by atomic mass is 10.0. The van der Waals surface area contributed by atoms with Gasteiger partial charge in [0.05, 0.1) is 6.61 Å². The van der Waals surface area contributed by atoms with E-state index in [2.05, 4.69) is 13.8 Å². The Morgan fingerprint density at radius 3 is 0.707 bits per heavy atom. The van der Waals surface area contributed by atoms with Crippen LogP contribution in [0.15, 0.2) is 0 Å². The molecule has 0 aromatic carbocycles. The number of ether oxygens (including phenoxy) is 2. The molecule has 0 aliphatic heterocycles. The zero-order valence-electron chi connectivity index (χ0n) is 38.9. The highest BCUT2D eigenvalue weighted by molar-refractivity contribution is 5.71. The highest BCUT2D eigenvalue weighted by Crippen LogP contribution is 2.21. The highest BCUT2D eigenvalue weighted by atomic mass is 16.8. The molecule has 0 aromatic rings. The third-order valence-corrected chi connectivity index (χ3v) is 12.1. The maximum absolute atomic E-state index is 12.5. The van der Waals surface area contributed by atoms with Crippen LogP contribution in [0.4, 0.5) is 0 Å². The van der Waals surface area contributed by atoms with Gasteiger partial charge in [-0.2, -0.15) is 0 Å². The van der Waals surface area contributed by atoms with Gasteiger partial charge < -0.3 is 24.8 Å². The van der Waals surface area contributed by atoms with Gasteiger partial charge in [-0.25, -0.2) is 0 Å². The SMILES string of the molecule is CCCCCCCCCCCCCCCCCCCCCCCC(=O)OC(O)(OC(=O)CCCCCCCCCCCCCCCCCCCCCCC)C(O)CO. The standard InChI is InChI=1S/C51H100O7/c1-3-5-7-9-11-13-15-17-19-21-23-25-27-29-31-33-35-37-39-41-43-45-49(54)57-51(56,48(53)47-52)58-50(55)46-44-42-40-38-36-34-32-30-28-26-24-22-20-18-16-14-12-10-8-6-4-2/h48,52-53,56H,3-47H2,1-2H3. The average molecular weight is 825 g/mol. The summed E-state index contributed by atoms with van der Waals surface area (Å²) < 4.78 is 10.0. The molecular formula is C51H100O7. The number of carbonyl (C=O) groups excluding carboxylic acids is 2. The minimum absolute atomic E-state index is 0.0520. The highest BCUT2D eigenvalue weighted by Gasteiger charge is 2.44. The van der Waals surface area contributed by atoms with Gasteiger partial charge in [-0.3, -0.25) is 9.59 Å². The third kappa shape index (κ3) is 40.2. The minimum Gasteiger partial charge on any atom is -0.396 e. The van der Waals surface area contributed by atoms with Crippen LogP contribution in [0.5, 0.6) is 0 Å². The van der Waals surface area contributed by atoms with Gasteiger partial charge in [-0.1, -0.05) is 271 Å². The molecule has 0 radical (unpaired) electrons. The first-order valence-electron chi connectivity index (χ1n) is 25.8. The van der Waals surface area contributed by atoms with Crippen LogP contribution in [-0.4, -0.2) is 45.9 Å². The molecule has 0 bridgehead atoms. The fourth-order valence-electron chi connectivity index (χ4n) is 8.10. The lowest BCUT2D eigenvalue weighted by Gasteiger charge is -2.30. The van der Waals surface area contributed by atoms with Crippen molar-refractivity contribution in [2.24, 2.45) is 0 Å². The first-order chi connectivity index (χ1) is 28.4. The smallest absolute Gasteiger partial charge is 0.396 e. The number of esters is 2. The molecule has 0 spiro atoms. The third-order valence-electron chi connectivity index (χ3n) is 12.1. The van der Waals surface area contributed by atoms with Crippen LogP contribution in [0, 0.1) is 0 Å². The van der Waals surface area contributed by atoms with Crippen molar-refractivity contribution < 1.29 is 34.4 Å². The predicted molar refractivity (Wildman–Crippen MR) is 245 cm³/mol. The van der Waals surface area contributed by atoms with Gasteiger partial charge in [0.2, 0.25) is 0 Å². The van der Waals surface area contributed by atoms with E-state index in [-0.39, 0.29) is 12.8 Å². The predicted octanol–water partition coefficient (Wildman–Crippen LogP) is 15.3. The van der Waals surface area contributed by atoms with Crippen molar-refractivity contribution in [3.63, 3.8) is 0 Å². The minimum atomic E-state index is -2.87. The van der Waals surface area contributed by atoms with Gasteiger partial charge in [0.25, 0.3) is 0 Å². The van der Waals surface area contributed by atoms with E-state index in [9.17, 15) is 24.9 Å². The Labute approximate surface area is 360 Å². The van der Waals surface area contributed by atoms with Gasteiger partial charge >= 0.3 is 17.9 Å². The van der Waals surface area contributed by atoms with Gasteiger partial charge in [0.1, 0.15) is 0 Å². The van der Waals surface area contributed by atoms with Crippen LogP contribution < -0.4 is 0 Å². The molecule has 1 unspecified atom stereocenters. The van der Waals surface area contributed by atoms with Crippen molar-refractivity contribution in [1.29, 1.82) is 0 Å². The lowest BCUT2D eigenvalue weighted by molar-refractivity contribution is -0.364. The van der Waals surface area contributed by atoms with Gasteiger partial charge in [0.15, 0.2) is 6.10 Å². The van der Waals surface area contributed by atoms with Crippen LogP contribution in [-0.2, 0) is 19.1 Å². The van der Waals surface area contributed by atoms with Gasteiger partial charge in [-0.05, 0) is 12.8 Å². The van der Waals surface area contributed by atoms with E-state index in [1.165, 1.54) is 218 Å². The number of unbranched alkanes of at least 4 members (excludes halogenated alkanes) is 40. The van der Waals surface area contributed by atoms with Crippen molar-refractivity contribution in [2.45, 2.75) is 308 Å². The number of aliphatic hydroxyl groups is 3. The molecule has 0 aliphatic carbocycles. The Morgan fingerprint density at radius 1 is 0.362 bits per heavy atom. The summed E-state index contributed by atoms with van der Waals surface area (Å²) in [6.45, 7) is 3.65. The molecule has 0 saturated heterocycles. The largest absolute Gasteiger partial charge is 0.403 e. The van der Waals surface area contributed by atoms with Crippen molar-refractivity contribution in [2.75, 3.05) is 6.61 Å². The number of aliphatic hydroxyl groups excluding tert-OH is 2. The lowest BCUT2D eigenvalue weighted by Crippen LogP contribution is -2.51. The van der Waals surface area contributed by atoms with E-state index in [0.29, 0.717) is 12.8 Å². The Morgan fingerprint density at radius 2 is 0.534 bits per heavy atom. The summed E-state index contributed by atoms with van der Waals surface area (Å²) in [4.78, 5) is 24.9. The van der Waals surface area contributed by atoms with E-state index in [0.717, 1.165) is 38.5 Å². The summed E-state index contributed by atoms with van der Waals surface area (Å²) in [6, 6.07) is 0. The number of hydrogen-bond acceptors (Lipinski definition) is 7. The molecule has 0 amide bonds. The Bertz CT molecular complexity index is 789. The quantitative estimate of drug-likeness (QED) is 0.0318. The Balaban J connectivity index is 3.71. The second-order valence-corrected chi connectivity index (χ2v) is 17.9. The first kappa shape index (κ1) is 56.8. The van der Waals surface area contributed by atoms with E-state index in [4.69, 9.17) is 9.47 Å². The Hall–Kier alpha value is -1.18. The van der Waals surface area contributed by atoms with Gasteiger partial charge in [0, 0.05) is 12.8 Å². The maximum atomic E-state index is 12.5. The molecular weight excluding hydrogens is 725 g/mol. The summed E-state index contributed by atoms with van der Waals surface area (Å²) in [5.41, 5.74) is 0. The summed E-state index contributed by atoms with van der Waals surface area (Å²) in [5.74, 6) is -4.38. The average Bonchev–Trinajstić information content (AvgIpc) is 3.21. The van der Waals surface area contributed by atoms with E-state index >= 15 is 0 Å². The summed E-state index contributed by atoms with van der Waals surface area (Å²) in [7, 11) is 0. The van der Waals surface area contributed by atoms with E-state index in [1.807, 2.05) is 0 Å². The molecule has 0 rings (SSSR count). The molecule has 0 heterocycles. The fraction of sp³-hybridized carbons (Fsp3) is 0.961. The van der Waals surface area contributed by atoms with Crippen LogP contribution >= 0.6 is 0 Å². The van der Waals surface area contributed by atoms with Crippen molar-refractivity contribution in [3.8, 4) is 0 Å². The number of carbonyl (C=O) groups is 2. The molecule has 346 valence electrons. The number of rotatable bonds is 48. The van der Waals surface area contributed by atoms with Crippen molar-refractivity contribution >= 4 is 11.9 Å². The first-order valence-corrected chi connectivity index (χ1v) is 25.8. The summed E-state index contributed by atoms with van der Waals surface area (Å²) in [6.07, 6.45) is 52.0. The number of hydrogen-bond donors (Lipinski definition) is 3. The van der Waals surface area contributed by atoms with Crippen LogP contribution in [0.2, 0.25) is 0 Å². The monoisotopic (exact) mass is 825 g/mol. The normalized spacial score (nSPS) is 12.3. The van der Waals surface area contributed by atoms with E-state index in [1.54, 1.807) is 0 Å². The molecule has 58 heavy (non-hydrogen) atoms. The zero-order chi connectivity index (χ0) is 42.5. The Kier molecular flexibility index (Phi) is 44.4. The second kappa shape index (κ2) is 45.3. The fourth-order valence-corrected chi connectivity index (χ4v) is 8.10. The maximum Gasteiger partial charge on any atom is 0.403 e. The summed E-state index contributed by atoms with van der Waals surface area (Å²) in [5, 5.41) is 30.2. The topological polar surface area (TPSA) is 113 Å². The second-order valence-electron chi connectivity index (χ2n) is 17.9. The molecule has 0 saturated carbocycles. The van der Waals surface area contributed by atoms with E-state index < -0.39 is 30.6 Å². The molecule has 7 heteroatoms. The molecule has 7 nitrogen and oxygen atoms in total. The van der Waals surface area contributed by atoms with Crippen LogP contribution in [0.25, 0.3) is 0 Å². The zero-order valence-corrected chi connectivity index (χ0v) is 38.9. The van der Waals surface area contributed by atoms with Gasteiger partial charge in [-0.15, -0.1) is 0 Å². The molecule has 1 atom stereocenters. The van der Waals surface area contributed by atoms with Crippen LogP contribution in [0.3, 0.4) is 0 Å². The van der Waals surface area contributed by atoms with Crippen molar-refractivity contribution in [1.82, 2.24) is 0 Å². The molecule has 3 N–H and O–H groups in total. The summed E-state index contributed by atoms with van der Waals surface area (Å²) >= 11 is 0. The molecule has 0 aliphatic rings. The van der Waals surface area contributed by atoms with Crippen LogP contribution in [0.1, 0.15) is 296 Å². The van der Waals surface area contributed by atoms with Crippen molar-refractivity contribution in [3.05, 3.63) is 0 Å². The molecule has 0 aromatic heterocycles.